The first-order valence-corrected chi connectivity index (χ1v) is 18.3. The fourth-order valence-corrected chi connectivity index (χ4v) is 9.59. The number of alkyl halides is 1. The lowest BCUT2D eigenvalue weighted by Crippen LogP contribution is -2.70. The maximum atomic E-state index is 14.1. The van der Waals surface area contributed by atoms with Crippen molar-refractivity contribution in [1.82, 2.24) is 29.3 Å². The summed E-state index contributed by atoms with van der Waals surface area (Å²) in [5, 5.41) is 4.15. The van der Waals surface area contributed by atoms with Crippen LogP contribution in [-0.2, 0) is 11.3 Å². The second-order valence-electron chi connectivity index (χ2n) is 16.3. The molecule has 256 valence electrons. The number of imidazole rings is 1. The summed E-state index contributed by atoms with van der Waals surface area (Å²) in [7, 11) is 1.67. The minimum absolute atomic E-state index is 0.00236. The van der Waals surface area contributed by atoms with Gasteiger partial charge in [0.05, 0.1) is 35.5 Å². The summed E-state index contributed by atoms with van der Waals surface area (Å²) in [6.07, 6.45) is 8.60. The van der Waals surface area contributed by atoms with Crippen molar-refractivity contribution in [3.63, 3.8) is 0 Å². The number of hydrogen-bond donors (Lipinski definition) is 2. The lowest BCUT2D eigenvalue weighted by molar-refractivity contribution is -0.214. The second kappa shape index (κ2) is 10.3. The van der Waals surface area contributed by atoms with Crippen LogP contribution < -0.4 is 15.8 Å². The molecule has 7 fully saturated rings. The first-order valence-electron chi connectivity index (χ1n) is 18.3. The van der Waals surface area contributed by atoms with Gasteiger partial charge in [0.1, 0.15) is 22.6 Å². The average molecular weight is 666 g/mol. The number of halogens is 1. The Labute approximate surface area is 284 Å². The van der Waals surface area contributed by atoms with E-state index in [1.54, 1.807) is 7.11 Å². The van der Waals surface area contributed by atoms with Crippen LogP contribution in [0.1, 0.15) is 99.3 Å². The van der Waals surface area contributed by atoms with Crippen LogP contribution in [0.2, 0.25) is 0 Å². The number of methoxy groups -OCH3 is 1. The number of benzene rings is 1. The van der Waals surface area contributed by atoms with Gasteiger partial charge in [-0.1, -0.05) is 0 Å². The molecule has 4 atom stereocenters. The Balaban J connectivity index is 1.04. The van der Waals surface area contributed by atoms with Crippen LogP contribution in [0.15, 0.2) is 30.3 Å². The lowest BCUT2D eigenvalue weighted by atomic mass is 9.42. The van der Waals surface area contributed by atoms with Crippen molar-refractivity contribution in [1.29, 1.82) is 0 Å². The number of nitrogens with two attached hydrogens (primary N) is 1. The van der Waals surface area contributed by atoms with Gasteiger partial charge in [-0.25, -0.2) is 14.4 Å². The Morgan fingerprint density at radius 2 is 1.84 bits per heavy atom. The van der Waals surface area contributed by atoms with Gasteiger partial charge in [0.2, 0.25) is 5.91 Å². The van der Waals surface area contributed by atoms with Crippen LogP contribution in [0.3, 0.4) is 0 Å². The Morgan fingerprint density at radius 3 is 2.55 bits per heavy atom. The zero-order chi connectivity index (χ0) is 33.4. The molecule has 0 unspecified atom stereocenters. The zero-order valence-corrected chi connectivity index (χ0v) is 28.3. The molecule has 6 aliphatic carbocycles. The Morgan fingerprint density at radius 1 is 1.06 bits per heavy atom. The van der Waals surface area contributed by atoms with Gasteiger partial charge in [0, 0.05) is 42.2 Å². The van der Waals surface area contributed by atoms with E-state index in [2.05, 4.69) is 26.6 Å². The van der Waals surface area contributed by atoms with Gasteiger partial charge >= 0.3 is 0 Å². The van der Waals surface area contributed by atoms with Gasteiger partial charge in [-0.3, -0.25) is 9.59 Å². The molecule has 11 heteroatoms. The quantitative estimate of drug-likeness (QED) is 0.232. The number of fused-ring (bicyclic) bond motifs is 4. The topological polar surface area (TPSA) is 120 Å². The van der Waals surface area contributed by atoms with E-state index < -0.39 is 11.1 Å². The van der Waals surface area contributed by atoms with Gasteiger partial charge in [-0.15, -0.1) is 0 Å². The van der Waals surface area contributed by atoms with Gasteiger partial charge in [-0.2, -0.15) is 0 Å². The number of likely N-dealkylation sites (tertiary alicyclic amines) is 1. The smallest absolute Gasteiger partial charge is 0.254 e. The number of aromatic nitrogens is 4. The predicted octanol–water partition coefficient (Wildman–Crippen LogP) is 5.83. The highest BCUT2D eigenvalue weighted by Crippen LogP contribution is 2.69. The molecule has 3 N–H and O–H groups in total. The van der Waals surface area contributed by atoms with E-state index in [1.165, 1.54) is 12.8 Å². The molecule has 10 nitrogen and oxygen atoms in total. The molecule has 0 spiro atoms. The summed E-state index contributed by atoms with van der Waals surface area (Å²) in [5.74, 6) is 2.57. The molecule has 0 radical (unpaired) electrons. The van der Waals surface area contributed by atoms with E-state index in [-0.39, 0.29) is 29.9 Å². The first-order chi connectivity index (χ1) is 23.6. The highest BCUT2D eigenvalue weighted by Gasteiger charge is 2.72. The normalized spacial score (nSPS) is 30.7. The number of amides is 2. The second-order valence-corrected chi connectivity index (χ2v) is 16.3. The molecule has 4 heterocycles. The molecule has 3 aromatic heterocycles. The van der Waals surface area contributed by atoms with Crippen molar-refractivity contribution in [2.75, 3.05) is 13.7 Å². The minimum atomic E-state index is -1.11. The van der Waals surface area contributed by atoms with Crippen molar-refractivity contribution < 1.29 is 18.7 Å². The van der Waals surface area contributed by atoms with Crippen LogP contribution >= 0.6 is 0 Å². The highest BCUT2D eigenvalue weighted by molar-refractivity contribution is 6.00. The number of carbonyl (C=O) groups is 2. The fourth-order valence-electron chi connectivity index (χ4n) is 9.59. The van der Waals surface area contributed by atoms with Crippen molar-refractivity contribution in [2.45, 2.75) is 108 Å². The molecular formula is C38H44FN7O3. The van der Waals surface area contributed by atoms with Gasteiger partial charge in [-0.05, 0) is 113 Å². The first kappa shape index (κ1) is 29.9. The predicted molar refractivity (Wildman–Crippen MR) is 183 cm³/mol. The molecule has 6 saturated carbocycles. The third-order valence-electron chi connectivity index (χ3n) is 12.7. The monoisotopic (exact) mass is 665 g/mol. The van der Waals surface area contributed by atoms with Crippen molar-refractivity contribution in [2.24, 2.45) is 23.0 Å². The number of rotatable bonds is 9. The molecule has 1 aromatic carbocycles. The molecule has 1 saturated heterocycles. The van der Waals surface area contributed by atoms with E-state index in [9.17, 15) is 14.0 Å². The number of ether oxygens (including phenoxy) is 1. The highest BCUT2D eigenvalue weighted by atomic mass is 19.1. The SMILES string of the molecule is COc1cc(C(=O)N2C[C@H](N)[C@@H]3CC[C@H]2C3)cc2nc(-c3cc4ccc([C@@H](C)NC(=O)C56CC(F)(C5)C6)nc4n3CC3CC3)n(C3CC3)c12. The number of hydrogen-bond acceptors (Lipinski definition) is 6. The lowest BCUT2D eigenvalue weighted by Gasteiger charge is -2.64. The van der Waals surface area contributed by atoms with E-state index >= 15 is 0 Å². The van der Waals surface area contributed by atoms with Crippen LogP contribution in [0.5, 0.6) is 5.75 Å². The molecule has 7 aliphatic rings. The average Bonchev–Trinajstić information content (AvgIpc) is 3.97. The Bertz CT molecular complexity index is 2040. The summed E-state index contributed by atoms with van der Waals surface area (Å²) >= 11 is 0. The maximum absolute atomic E-state index is 14.1. The summed E-state index contributed by atoms with van der Waals surface area (Å²) in [4.78, 5) is 39.5. The number of nitrogens with one attached hydrogen (secondary N) is 1. The summed E-state index contributed by atoms with van der Waals surface area (Å²) < 4.78 is 24.8. The molecule has 11 rings (SSSR count). The van der Waals surface area contributed by atoms with Crippen molar-refractivity contribution >= 4 is 33.9 Å². The van der Waals surface area contributed by atoms with E-state index in [0.29, 0.717) is 55.0 Å². The summed E-state index contributed by atoms with van der Waals surface area (Å²) in [6.45, 7) is 3.39. The molecule has 4 aromatic rings. The van der Waals surface area contributed by atoms with Gasteiger partial charge in [0.25, 0.3) is 5.91 Å². The molecule has 2 amide bonds. The van der Waals surface area contributed by atoms with E-state index in [0.717, 1.165) is 77.9 Å². The van der Waals surface area contributed by atoms with Crippen molar-refractivity contribution in [3.8, 4) is 17.3 Å². The van der Waals surface area contributed by atoms with Gasteiger partial charge in [0.15, 0.2) is 5.82 Å². The van der Waals surface area contributed by atoms with Gasteiger partial charge < -0.3 is 29.8 Å². The largest absolute Gasteiger partial charge is 0.494 e. The van der Waals surface area contributed by atoms with E-state index in [1.807, 2.05) is 30.0 Å². The van der Waals surface area contributed by atoms with Crippen LogP contribution in [0.4, 0.5) is 4.39 Å². The third kappa shape index (κ3) is 4.60. The zero-order valence-electron chi connectivity index (χ0n) is 28.3. The summed E-state index contributed by atoms with van der Waals surface area (Å²) in [6, 6.07) is 10.4. The van der Waals surface area contributed by atoms with Crippen LogP contribution in [-0.4, -0.2) is 67.2 Å². The van der Waals surface area contributed by atoms with E-state index in [4.69, 9.17) is 20.4 Å². The Hall–Kier alpha value is -3.99. The minimum Gasteiger partial charge on any atom is -0.494 e. The molecule has 49 heavy (non-hydrogen) atoms. The number of nitrogens with zero attached hydrogens (tertiary/aromatic N) is 5. The Kier molecular flexibility index (Phi) is 6.27. The maximum Gasteiger partial charge on any atom is 0.254 e. The molecular weight excluding hydrogens is 621 g/mol. The number of pyridine rings is 1. The summed E-state index contributed by atoms with van der Waals surface area (Å²) in [5.41, 5.74) is 9.78. The molecule has 1 aliphatic heterocycles. The van der Waals surface area contributed by atoms with Crippen molar-refractivity contribution in [3.05, 3.63) is 41.6 Å². The number of carbonyl (C=O) groups excluding carboxylic acids is 2. The van der Waals surface area contributed by atoms with Crippen LogP contribution in [0.25, 0.3) is 33.6 Å². The standard InChI is InChI=1S/C38H44FN7O3/c1-20(41-36(48)37-17-38(39,18-37)19-37)28-10-6-23-13-30(45(33(23)42-28)15-21-3-4-21)34-43-29-12-24(14-31(49-2)32(29)46(34)25-8-9-25)35(47)44-16-27(40)22-5-7-26(44)11-22/h6,10,12-14,20-22,25-27H,3-5,7-9,11,15-19,40H2,1-2H3,(H,41,48)/t20-,22-,26+,27+,37?,38?/m1/s1. The fraction of sp³-hybridized carbons (Fsp3) is 0.579. The van der Waals surface area contributed by atoms with Crippen LogP contribution in [0, 0.1) is 17.3 Å². The third-order valence-corrected chi connectivity index (χ3v) is 12.7. The number of piperidine rings is 1. The molecule has 4 bridgehead atoms.